The number of fused-ring (bicyclic) bond motifs is 1. The van der Waals surface area contributed by atoms with Gasteiger partial charge in [-0.25, -0.2) is 8.42 Å². The summed E-state index contributed by atoms with van der Waals surface area (Å²) in [6, 6.07) is 3.97. The van der Waals surface area contributed by atoms with Crippen molar-refractivity contribution < 1.29 is 27.6 Å². The zero-order chi connectivity index (χ0) is 23.3. The van der Waals surface area contributed by atoms with Crippen LogP contribution in [0.15, 0.2) is 18.2 Å². The lowest BCUT2D eigenvalue weighted by Crippen LogP contribution is -2.60. The van der Waals surface area contributed by atoms with Gasteiger partial charge in [0.15, 0.2) is 0 Å². The molecule has 3 saturated heterocycles. The van der Waals surface area contributed by atoms with E-state index in [0.29, 0.717) is 51.4 Å². The first-order chi connectivity index (χ1) is 15.8. The fraction of sp³-hybridized carbons (Fsp3) is 0.524. The van der Waals surface area contributed by atoms with Gasteiger partial charge >= 0.3 is 0 Å². The molecule has 0 aromatic heterocycles. The molecule has 4 heterocycles. The van der Waals surface area contributed by atoms with Crippen LogP contribution in [-0.2, 0) is 26.2 Å². The Hall–Kier alpha value is -2.67. The van der Waals surface area contributed by atoms with Crippen LogP contribution in [0.1, 0.15) is 39.1 Å². The van der Waals surface area contributed by atoms with Crippen LogP contribution >= 0.6 is 0 Å². The van der Waals surface area contributed by atoms with E-state index in [1.807, 2.05) is 4.90 Å². The molecule has 1 aromatic carbocycles. The molecule has 11 nitrogen and oxygen atoms in total. The first kappa shape index (κ1) is 22.1. The van der Waals surface area contributed by atoms with E-state index in [4.69, 9.17) is 0 Å². The van der Waals surface area contributed by atoms with Crippen molar-refractivity contribution in [2.75, 3.05) is 39.3 Å². The van der Waals surface area contributed by atoms with Gasteiger partial charge in [0.1, 0.15) is 11.3 Å². The third-order valence-corrected chi connectivity index (χ3v) is 8.95. The van der Waals surface area contributed by atoms with Crippen molar-refractivity contribution in [3.63, 3.8) is 0 Å². The number of benzene rings is 1. The molecule has 3 fully saturated rings. The van der Waals surface area contributed by atoms with Gasteiger partial charge in [0.25, 0.3) is 11.8 Å². The highest BCUT2D eigenvalue weighted by Gasteiger charge is 2.46. The second-order valence-electron chi connectivity index (χ2n) is 8.80. The van der Waals surface area contributed by atoms with Crippen molar-refractivity contribution in [2.45, 2.75) is 30.7 Å². The van der Waals surface area contributed by atoms with Crippen LogP contribution in [0.5, 0.6) is 0 Å². The molecule has 1 atom stereocenters. The zero-order valence-corrected chi connectivity index (χ0v) is 18.8. The monoisotopic (exact) mass is 475 g/mol. The average molecular weight is 476 g/mol. The maximum atomic E-state index is 13.2. The van der Waals surface area contributed by atoms with E-state index in [0.717, 1.165) is 4.90 Å². The minimum Gasteiger partial charge on any atom is -0.314 e. The molecule has 0 spiro atoms. The number of nitrogens with one attached hydrogen (secondary N) is 2. The normalized spacial score (nSPS) is 25.2. The van der Waals surface area contributed by atoms with Crippen molar-refractivity contribution >= 4 is 33.7 Å². The average Bonchev–Trinajstić information content (AvgIpc) is 3.02. The fourth-order valence-corrected chi connectivity index (χ4v) is 6.82. The molecule has 1 unspecified atom stereocenters. The molecule has 1 aromatic rings. The molecule has 2 N–H and O–H groups in total. The first-order valence-corrected chi connectivity index (χ1v) is 12.5. The Morgan fingerprint density at radius 3 is 2.42 bits per heavy atom. The molecule has 0 aliphatic carbocycles. The number of carbonyl (C=O) groups is 4. The van der Waals surface area contributed by atoms with Crippen LogP contribution < -0.4 is 10.6 Å². The Morgan fingerprint density at radius 2 is 1.73 bits per heavy atom. The molecule has 4 aliphatic heterocycles. The van der Waals surface area contributed by atoms with Crippen molar-refractivity contribution in [1.29, 1.82) is 0 Å². The summed E-state index contributed by atoms with van der Waals surface area (Å²) in [5, 5.41) is 4.85. The molecule has 12 heteroatoms. The summed E-state index contributed by atoms with van der Waals surface area (Å²) in [6.07, 6.45) is 0.163. The number of amides is 4. The highest BCUT2D eigenvalue weighted by Crippen LogP contribution is 2.32. The van der Waals surface area contributed by atoms with Crippen molar-refractivity contribution in [1.82, 2.24) is 24.7 Å². The highest BCUT2D eigenvalue weighted by molar-refractivity contribution is 7.89. The summed E-state index contributed by atoms with van der Waals surface area (Å²) < 4.78 is 27.2. The summed E-state index contributed by atoms with van der Waals surface area (Å²) in [7, 11) is -3.37. The van der Waals surface area contributed by atoms with E-state index in [1.165, 1.54) is 4.31 Å². The van der Waals surface area contributed by atoms with Crippen molar-refractivity contribution in [3.05, 3.63) is 34.9 Å². The van der Waals surface area contributed by atoms with Gasteiger partial charge < -0.3 is 5.32 Å². The Bertz CT molecular complexity index is 1140. The quantitative estimate of drug-likeness (QED) is 0.492. The van der Waals surface area contributed by atoms with Crippen molar-refractivity contribution in [2.24, 2.45) is 0 Å². The highest BCUT2D eigenvalue weighted by atomic mass is 32.2. The number of likely N-dealkylation sites (tertiary alicyclic amines) is 1. The molecule has 4 amide bonds. The standard InChI is InChI=1S/C21H25N5O6S/c27-17-5-4-16(19(28)23-17)26-20(29)15-3-1-2-13(18(15)21(26)30)10-24-11-14(12-24)33(31,32)25-8-6-22-7-9-25/h1-3,14,16,22H,4-12H2,(H,23,27,28). The number of hydrogen-bond acceptors (Lipinski definition) is 8. The third kappa shape index (κ3) is 3.76. The molecule has 176 valence electrons. The second kappa shape index (κ2) is 8.28. The van der Waals surface area contributed by atoms with Crippen LogP contribution in [0.4, 0.5) is 0 Å². The molecular formula is C21H25N5O6S. The summed E-state index contributed by atoms with van der Waals surface area (Å²) in [5.74, 6) is -2.16. The number of sulfonamides is 1. The number of piperidine rings is 1. The molecule has 0 saturated carbocycles. The lowest BCUT2D eigenvalue weighted by molar-refractivity contribution is -0.136. The minimum atomic E-state index is -3.37. The molecule has 4 aliphatic rings. The predicted molar refractivity (Wildman–Crippen MR) is 116 cm³/mol. The van der Waals surface area contributed by atoms with E-state index in [1.54, 1.807) is 18.2 Å². The van der Waals surface area contributed by atoms with Crippen LogP contribution in [0.2, 0.25) is 0 Å². The van der Waals surface area contributed by atoms with Gasteiger partial charge in [-0.15, -0.1) is 0 Å². The van der Waals surface area contributed by atoms with E-state index in [9.17, 15) is 27.6 Å². The van der Waals surface area contributed by atoms with Crippen LogP contribution in [-0.4, -0.2) is 96.7 Å². The van der Waals surface area contributed by atoms with E-state index in [-0.39, 0.29) is 24.0 Å². The number of rotatable bonds is 5. The summed E-state index contributed by atoms with van der Waals surface area (Å²) >= 11 is 0. The Morgan fingerprint density at radius 1 is 1.00 bits per heavy atom. The van der Waals surface area contributed by atoms with Crippen LogP contribution in [0.3, 0.4) is 0 Å². The maximum absolute atomic E-state index is 13.2. The molecule has 33 heavy (non-hydrogen) atoms. The topological polar surface area (TPSA) is 136 Å². The number of piperazine rings is 1. The smallest absolute Gasteiger partial charge is 0.262 e. The van der Waals surface area contributed by atoms with E-state index >= 15 is 0 Å². The maximum Gasteiger partial charge on any atom is 0.262 e. The van der Waals surface area contributed by atoms with Crippen LogP contribution in [0.25, 0.3) is 0 Å². The van der Waals surface area contributed by atoms with Gasteiger partial charge in [0.2, 0.25) is 21.8 Å². The Balaban J connectivity index is 1.29. The van der Waals surface area contributed by atoms with E-state index in [2.05, 4.69) is 10.6 Å². The van der Waals surface area contributed by atoms with E-state index < -0.39 is 44.9 Å². The van der Waals surface area contributed by atoms with Gasteiger partial charge in [-0.1, -0.05) is 12.1 Å². The summed E-state index contributed by atoms with van der Waals surface area (Å²) in [5.41, 5.74) is 1.10. The molecular weight excluding hydrogens is 450 g/mol. The summed E-state index contributed by atoms with van der Waals surface area (Å²) in [4.78, 5) is 52.7. The number of nitrogens with zero attached hydrogens (tertiary/aromatic N) is 3. The third-order valence-electron chi connectivity index (χ3n) is 6.73. The molecule has 0 radical (unpaired) electrons. The number of hydrogen-bond donors (Lipinski definition) is 2. The minimum absolute atomic E-state index is 0.0629. The lowest BCUT2D eigenvalue weighted by Gasteiger charge is -2.41. The predicted octanol–water partition coefficient (Wildman–Crippen LogP) is -1.49. The van der Waals surface area contributed by atoms with Gasteiger partial charge in [-0.05, 0) is 18.1 Å². The van der Waals surface area contributed by atoms with Gasteiger partial charge in [-0.2, -0.15) is 4.31 Å². The lowest BCUT2D eigenvalue weighted by atomic mass is 10.0. The summed E-state index contributed by atoms with van der Waals surface area (Å²) in [6.45, 7) is 3.27. The zero-order valence-electron chi connectivity index (χ0n) is 18.0. The Labute approximate surface area is 191 Å². The molecule has 5 rings (SSSR count). The largest absolute Gasteiger partial charge is 0.314 e. The van der Waals surface area contributed by atoms with Crippen molar-refractivity contribution in [3.8, 4) is 0 Å². The van der Waals surface area contributed by atoms with Gasteiger partial charge in [0, 0.05) is 52.2 Å². The van der Waals surface area contributed by atoms with Gasteiger partial charge in [0.05, 0.1) is 11.1 Å². The second-order valence-corrected chi connectivity index (χ2v) is 11.0. The Kier molecular flexibility index (Phi) is 5.55. The first-order valence-electron chi connectivity index (χ1n) is 11.0. The van der Waals surface area contributed by atoms with Gasteiger partial charge in [-0.3, -0.25) is 34.3 Å². The molecule has 0 bridgehead atoms. The number of carbonyl (C=O) groups excluding carboxylic acids is 4. The SMILES string of the molecule is O=C1CCC(N2C(=O)c3cccc(CN4CC(S(=O)(=O)N5CCNCC5)C4)c3C2=O)C(=O)N1. The fourth-order valence-electron chi connectivity index (χ4n) is 4.91. The van der Waals surface area contributed by atoms with Crippen LogP contribution in [0, 0.1) is 0 Å². The number of imide groups is 2.